The standard InChI is InChI=1S/C16H19N3O4S/c1-10-12(18-16(23-10)11-3-6-24-9-11)8-19-5-4-17-15(21)13(19)7-14(20)22-2/h3,6,9,13H,4-5,7-8H2,1-2H3,(H,17,21). The number of oxazole rings is 1. The quantitative estimate of drug-likeness (QED) is 0.825. The summed E-state index contributed by atoms with van der Waals surface area (Å²) in [4.78, 5) is 30.2. The maximum absolute atomic E-state index is 12.1. The van der Waals surface area contributed by atoms with E-state index in [2.05, 4.69) is 10.3 Å². The van der Waals surface area contributed by atoms with Gasteiger partial charge in [0.2, 0.25) is 11.8 Å². The van der Waals surface area contributed by atoms with Crippen LogP contribution in [0.1, 0.15) is 17.9 Å². The van der Waals surface area contributed by atoms with Gasteiger partial charge in [0.1, 0.15) is 11.8 Å². The molecular formula is C16H19N3O4S. The van der Waals surface area contributed by atoms with Gasteiger partial charge in [-0.25, -0.2) is 4.98 Å². The molecule has 1 saturated heterocycles. The molecule has 1 aliphatic rings. The van der Waals surface area contributed by atoms with E-state index in [9.17, 15) is 9.59 Å². The van der Waals surface area contributed by atoms with Crippen LogP contribution in [0, 0.1) is 6.92 Å². The molecule has 0 saturated carbocycles. The Balaban J connectivity index is 1.78. The third kappa shape index (κ3) is 3.49. The summed E-state index contributed by atoms with van der Waals surface area (Å²) in [5.41, 5.74) is 1.72. The molecule has 0 aromatic carbocycles. The molecule has 0 radical (unpaired) electrons. The van der Waals surface area contributed by atoms with E-state index < -0.39 is 12.0 Å². The molecule has 2 aromatic rings. The van der Waals surface area contributed by atoms with E-state index in [-0.39, 0.29) is 12.3 Å². The summed E-state index contributed by atoms with van der Waals surface area (Å²) in [5.74, 6) is 0.734. The van der Waals surface area contributed by atoms with E-state index in [1.807, 2.05) is 28.7 Å². The van der Waals surface area contributed by atoms with E-state index in [0.29, 0.717) is 25.5 Å². The van der Waals surface area contributed by atoms with Crippen LogP contribution in [0.15, 0.2) is 21.2 Å². The van der Waals surface area contributed by atoms with Crippen molar-refractivity contribution in [3.8, 4) is 11.5 Å². The summed E-state index contributed by atoms with van der Waals surface area (Å²) >= 11 is 1.58. The van der Waals surface area contributed by atoms with Gasteiger partial charge in [-0.15, -0.1) is 0 Å². The number of carbonyl (C=O) groups excluding carboxylic acids is 2. The van der Waals surface area contributed by atoms with E-state index in [0.717, 1.165) is 17.0 Å². The number of nitrogens with one attached hydrogen (secondary N) is 1. The molecule has 0 bridgehead atoms. The van der Waals surface area contributed by atoms with Crippen LogP contribution in [0.5, 0.6) is 0 Å². The maximum Gasteiger partial charge on any atom is 0.307 e. The van der Waals surface area contributed by atoms with Gasteiger partial charge in [0, 0.05) is 30.6 Å². The molecule has 7 nitrogen and oxygen atoms in total. The highest BCUT2D eigenvalue weighted by Crippen LogP contribution is 2.25. The number of rotatable bonds is 5. The molecule has 128 valence electrons. The van der Waals surface area contributed by atoms with Crippen LogP contribution in [-0.2, 0) is 20.9 Å². The van der Waals surface area contributed by atoms with Crippen molar-refractivity contribution in [1.29, 1.82) is 0 Å². The summed E-state index contributed by atoms with van der Waals surface area (Å²) in [7, 11) is 1.32. The maximum atomic E-state index is 12.1. The SMILES string of the molecule is COC(=O)CC1C(=O)NCCN1Cc1nc(-c2ccsc2)oc1C. The minimum atomic E-state index is -0.549. The first-order valence-electron chi connectivity index (χ1n) is 7.66. The highest BCUT2D eigenvalue weighted by Gasteiger charge is 2.33. The average molecular weight is 349 g/mol. The van der Waals surface area contributed by atoms with Gasteiger partial charge in [0.05, 0.1) is 19.2 Å². The zero-order valence-corrected chi connectivity index (χ0v) is 14.4. The van der Waals surface area contributed by atoms with Crippen molar-refractivity contribution in [3.05, 3.63) is 28.3 Å². The largest absolute Gasteiger partial charge is 0.469 e. The van der Waals surface area contributed by atoms with Crippen molar-refractivity contribution in [2.24, 2.45) is 0 Å². The van der Waals surface area contributed by atoms with Crippen LogP contribution < -0.4 is 5.32 Å². The molecule has 24 heavy (non-hydrogen) atoms. The smallest absolute Gasteiger partial charge is 0.307 e. The number of methoxy groups -OCH3 is 1. The molecule has 0 aliphatic carbocycles. The van der Waals surface area contributed by atoms with E-state index in [1.54, 1.807) is 11.3 Å². The fourth-order valence-corrected chi connectivity index (χ4v) is 3.32. The van der Waals surface area contributed by atoms with Gasteiger partial charge in [-0.2, -0.15) is 11.3 Å². The second-order valence-electron chi connectivity index (χ2n) is 5.59. The first kappa shape index (κ1) is 16.7. The fourth-order valence-electron chi connectivity index (χ4n) is 2.69. The second-order valence-corrected chi connectivity index (χ2v) is 6.37. The molecule has 0 spiro atoms. The molecule has 1 amide bonds. The summed E-state index contributed by atoms with van der Waals surface area (Å²) in [6, 6.07) is 1.40. The van der Waals surface area contributed by atoms with Crippen LogP contribution in [-0.4, -0.2) is 48.0 Å². The van der Waals surface area contributed by atoms with Crippen molar-refractivity contribution >= 4 is 23.2 Å². The van der Waals surface area contributed by atoms with Gasteiger partial charge in [0.15, 0.2) is 0 Å². The molecule has 2 aromatic heterocycles. The Hall–Kier alpha value is -2.19. The Kier molecular flexibility index (Phi) is 4.96. The second kappa shape index (κ2) is 7.14. The van der Waals surface area contributed by atoms with Crippen LogP contribution >= 0.6 is 11.3 Å². The van der Waals surface area contributed by atoms with Crippen LogP contribution in [0.4, 0.5) is 0 Å². The number of hydrogen-bond acceptors (Lipinski definition) is 7. The van der Waals surface area contributed by atoms with Crippen LogP contribution in [0.2, 0.25) is 0 Å². The first-order chi connectivity index (χ1) is 11.6. The molecule has 1 fully saturated rings. The minimum Gasteiger partial charge on any atom is -0.469 e. The molecule has 3 rings (SSSR count). The van der Waals surface area contributed by atoms with Gasteiger partial charge < -0.3 is 14.5 Å². The van der Waals surface area contributed by atoms with Crippen molar-refractivity contribution in [3.63, 3.8) is 0 Å². The first-order valence-corrected chi connectivity index (χ1v) is 8.60. The fraction of sp³-hybridized carbons (Fsp3) is 0.438. The van der Waals surface area contributed by atoms with Gasteiger partial charge in [-0.3, -0.25) is 14.5 Å². The molecule has 3 heterocycles. The Labute approximate surface area is 143 Å². The van der Waals surface area contributed by atoms with E-state index >= 15 is 0 Å². The normalized spacial score (nSPS) is 18.4. The third-order valence-corrected chi connectivity index (χ3v) is 4.73. The number of thiophene rings is 1. The summed E-state index contributed by atoms with van der Waals surface area (Å²) in [6.07, 6.45) is 0.0244. The van der Waals surface area contributed by atoms with Gasteiger partial charge in [-0.1, -0.05) is 0 Å². The Bertz CT molecular complexity index is 726. The predicted octanol–water partition coefficient (Wildman–Crippen LogP) is 1.58. The van der Waals surface area contributed by atoms with Crippen molar-refractivity contribution in [2.75, 3.05) is 20.2 Å². The number of nitrogens with zero attached hydrogens (tertiary/aromatic N) is 2. The number of esters is 1. The zero-order chi connectivity index (χ0) is 17.1. The Morgan fingerprint density at radius 3 is 3.12 bits per heavy atom. The lowest BCUT2D eigenvalue weighted by atomic mass is 10.1. The molecule has 1 unspecified atom stereocenters. The van der Waals surface area contributed by atoms with Crippen LogP contribution in [0.25, 0.3) is 11.5 Å². The molecule has 1 atom stereocenters. The molecule has 8 heteroatoms. The number of hydrogen-bond donors (Lipinski definition) is 1. The van der Waals surface area contributed by atoms with Crippen LogP contribution in [0.3, 0.4) is 0 Å². The number of carbonyl (C=O) groups is 2. The number of amides is 1. The lowest BCUT2D eigenvalue weighted by molar-refractivity contribution is -0.146. The summed E-state index contributed by atoms with van der Waals surface area (Å²) in [5, 5.41) is 6.73. The van der Waals surface area contributed by atoms with E-state index in [4.69, 9.17) is 9.15 Å². The van der Waals surface area contributed by atoms with E-state index in [1.165, 1.54) is 7.11 Å². The number of aromatic nitrogens is 1. The Morgan fingerprint density at radius 2 is 2.42 bits per heavy atom. The van der Waals surface area contributed by atoms with Crippen molar-refractivity contribution < 1.29 is 18.7 Å². The lowest BCUT2D eigenvalue weighted by Crippen LogP contribution is -2.55. The highest BCUT2D eigenvalue weighted by molar-refractivity contribution is 7.08. The number of aryl methyl sites for hydroxylation is 1. The average Bonchev–Trinajstić information content (AvgIpc) is 3.21. The summed E-state index contributed by atoms with van der Waals surface area (Å²) in [6.45, 7) is 3.50. The highest BCUT2D eigenvalue weighted by atomic mass is 32.1. The Morgan fingerprint density at radius 1 is 1.58 bits per heavy atom. The zero-order valence-electron chi connectivity index (χ0n) is 13.6. The minimum absolute atomic E-state index is 0.0244. The lowest BCUT2D eigenvalue weighted by Gasteiger charge is -2.33. The number of piperazine rings is 1. The van der Waals surface area contributed by atoms with Crippen molar-refractivity contribution in [1.82, 2.24) is 15.2 Å². The van der Waals surface area contributed by atoms with Gasteiger partial charge in [0.25, 0.3) is 0 Å². The van der Waals surface area contributed by atoms with Gasteiger partial charge >= 0.3 is 5.97 Å². The topological polar surface area (TPSA) is 84.7 Å². The van der Waals surface area contributed by atoms with Gasteiger partial charge in [-0.05, 0) is 18.4 Å². The summed E-state index contributed by atoms with van der Waals surface area (Å²) < 4.78 is 10.4. The molecule has 1 N–H and O–H groups in total. The molecule has 1 aliphatic heterocycles. The molecular weight excluding hydrogens is 330 g/mol. The monoisotopic (exact) mass is 349 g/mol. The predicted molar refractivity (Wildman–Crippen MR) is 88.4 cm³/mol. The number of ether oxygens (including phenoxy) is 1. The van der Waals surface area contributed by atoms with Crippen molar-refractivity contribution in [2.45, 2.75) is 25.9 Å². The third-order valence-electron chi connectivity index (χ3n) is 4.04.